The highest BCUT2D eigenvalue weighted by Crippen LogP contribution is 2.32. The lowest BCUT2D eigenvalue weighted by Crippen LogP contribution is -2.41. The molecule has 41 heavy (non-hydrogen) atoms. The molecule has 3 heterocycles. The van der Waals surface area contributed by atoms with Crippen molar-refractivity contribution in [3.8, 4) is 5.75 Å². The minimum Gasteiger partial charge on any atom is -0.357 e. The number of hydrogen-bond acceptors (Lipinski definition) is 8. The molecule has 0 spiro atoms. The smallest absolute Gasteiger partial charge is 0.357 e. The van der Waals surface area contributed by atoms with Gasteiger partial charge < -0.3 is 15.1 Å². The third-order valence-corrected chi connectivity index (χ3v) is 7.05. The normalized spacial score (nSPS) is 15.1. The number of pyridine rings is 1. The number of anilines is 1. The Bertz CT molecular complexity index is 1570. The Morgan fingerprint density at radius 1 is 1.12 bits per heavy atom. The Balaban J connectivity index is 1.55. The Labute approximate surface area is 231 Å². The minimum absolute atomic E-state index is 0.147. The number of aromatic nitrogens is 3. The van der Waals surface area contributed by atoms with Gasteiger partial charge in [0.25, 0.3) is 0 Å². The summed E-state index contributed by atoms with van der Waals surface area (Å²) in [5, 5.41) is 5.68. The molecule has 1 fully saturated rings. The fraction of sp³-hybridized carbons (Fsp3) is 0.320. The van der Waals surface area contributed by atoms with Crippen LogP contribution in [0.2, 0.25) is 0 Å². The number of benzene rings is 1. The van der Waals surface area contributed by atoms with Gasteiger partial charge in [0, 0.05) is 55.4 Å². The lowest BCUT2D eigenvalue weighted by atomic mass is 9.90. The van der Waals surface area contributed by atoms with Crippen molar-refractivity contribution >= 4 is 27.3 Å². The van der Waals surface area contributed by atoms with Gasteiger partial charge in [0.2, 0.25) is 15.0 Å². The first kappa shape index (κ1) is 29.8. The fourth-order valence-corrected chi connectivity index (χ4v) is 4.61. The molecule has 2 amide bonds. The Kier molecular flexibility index (Phi) is 8.51. The number of carbonyl (C=O) groups excluding carboxylic acids is 1. The second-order valence-corrected chi connectivity index (χ2v) is 11.1. The quantitative estimate of drug-likeness (QED) is 0.187. The summed E-state index contributed by atoms with van der Waals surface area (Å²) in [6.45, 7) is 1.78. The fourth-order valence-electron chi connectivity index (χ4n) is 4.10. The Morgan fingerprint density at radius 2 is 1.78 bits per heavy atom. The van der Waals surface area contributed by atoms with E-state index < -0.39 is 50.2 Å². The van der Waals surface area contributed by atoms with E-state index in [0.717, 1.165) is 24.6 Å². The third kappa shape index (κ3) is 7.11. The molecule has 0 atom stereocenters. The monoisotopic (exact) mass is 598 g/mol. The Hall–Kier alpha value is -4.21. The highest BCUT2D eigenvalue weighted by Gasteiger charge is 2.33. The van der Waals surface area contributed by atoms with Crippen LogP contribution in [0.25, 0.3) is 0 Å². The average Bonchev–Trinajstić information content (AvgIpc) is 2.92. The van der Waals surface area contributed by atoms with Crippen molar-refractivity contribution in [2.45, 2.75) is 37.0 Å². The van der Waals surface area contributed by atoms with Gasteiger partial charge in [-0.25, -0.2) is 32.0 Å². The molecule has 0 bridgehead atoms. The molecule has 0 aliphatic carbocycles. The number of sulfone groups is 1. The molecule has 218 valence electrons. The summed E-state index contributed by atoms with van der Waals surface area (Å²) < 4.78 is 91.1. The second kappa shape index (κ2) is 11.7. The first-order valence-electron chi connectivity index (χ1n) is 12.1. The number of oxime groups is 1. The Morgan fingerprint density at radius 3 is 2.39 bits per heavy atom. The van der Waals surface area contributed by atoms with Crippen molar-refractivity contribution in [2.75, 3.05) is 24.7 Å². The number of amides is 2. The summed E-state index contributed by atoms with van der Waals surface area (Å²) in [6, 6.07) is 4.34. The van der Waals surface area contributed by atoms with Gasteiger partial charge in [-0.05, 0) is 31.9 Å². The number of urea groups is 1. The van der Waals surface area contributed by atoms with Gasteiger partial charge in [-0.2, -0.15) is 13.2 Å². The molecule has 2 aromatic heterocycles. The maximum atomic E-state index is 13.9. The standard InChI is InChI=1S/C25H23F5N6O4S/c1-14(35-40-16-6-9-31-20(12-16)25(28,29)30)17-13-32-23(41(2,38)39)33-21(17)15-7-10-36(11-8-15)24(37)34-22-18(26)4-3-5-19(22)27/h3-6,9,12-13,15H,7-8,10-11H2,1-2H3,(H,34,37). The van der Waals surface area contributed by atoms with Crippen LogP contribution in [0, 0.1) is 11.6 Å². The van der Waals surface area contributed by atoms with Crippen LogP contribution >= 0.6 is 0 Å². The van der Waals surface area contributed by atoms with Crippen LogP contribution in [-0.2, 0) is 16.0 Å². The summed E-state index contributed by atoms with van der Waals surface area (Å²) in [5.74, 6) is -2.46. The summed E-state index contributed by atoms with van der Waals surface area (Å²) in [5.41, 5.74) is -1.01. The molecule has 16 heteroatoms. The second-order valence-electron chi connectivity index (χ2n) is 9.15. The van der Waals surface area contributed by atoms with E-state index in [0.29, 0.717) is 24.5 Å². The number of alkyl halides is 3. The van der Waals surface area contributed by atoms with Gasteiger partial charge >= 0.3 is 12.2 Å². The van der Waals surface area contributed by atoms with Gasteiger partial charge in [-0.15, -0.1) is 0 Å². The average molecular weight is 599 g/mol. The highest BCUT2D eigenvalue weighted by atomic mass is 32.2. The van der Waals surface area contributed by atoms with E-state index in [-0.39, 0.29) is 36.2 Å². The zero-order chi connectivity index (χ0) is 29.9. The van der Waals surface area contributed by atoms with E-state index in [1.807, 2.05) is 0 Å². The lowest BCUT2D eigenvalue weighted by Gasteiger charge is -2.32. The summed E-state index contributed by atoms with van der Waals surface area (Å²) in [7, 11) is -3.80. The number of nitrogens with one attached hydrogen (secondary N) is 1. The zero-order valence-corrected chi connectivity index (χ0v) is 22.4. The number of hydrogen-bond donors (Lipinski definition) is 1. The van der Waals surface area contributed by atoms with Crippen molar-refractivity contribution in [1.29, 1.82) is 0 Å². The lowest BCUT2D eigenvalue weighted by molar-refractivity contribution is -0.141. The predicted molar refractivity (Wildman–Crippen MR) is 136 cm³/mol. The minimum atomic E-state index is -4.68. The van der Waals surface area contributed by atoms with E-state index >= 15 is 0 Å². The number of nitrogens with zero attached hydrogens (tertiary/aromatic N) is 5. The molecule has 1 saturated heterocycles. The topological polar surface area (TPSA) is 127 Å². The van der Waals surface area contributed by atoms with Crippen LogP contribution in [-0.4, -0.2) is 59.4 Å². The molecule has 4 rings (SSSR count). The largest absolute Gasteiger partial charge is 0.433 e. The van der Waals surface area contributed by atoms with Crippen LogP contribution in [0.15, 0.2) is 53.0 Å². The van der Waals surface area contributed by atoms with Crippen molar-refractivity contribution in [1.82, 2.24) is 19.9 Å². The van der Waals surface area contributed by atoms with Gasteiger partial charge in [-0.3, -0.25) is 4.98 Å². The van der Waals surface area contributed by atoms with Crippen LogP contribution in [0.1, 0.15) is 42.6 Å². The predicted octanol–water partition coefficient (Wildman–Crippen LogP) is 4.79. The first-order chi connectivity index (χ1) is 19.2. The van der Waals surface area contributed by atoms with E-state index in [2.05, 4.69) is 25.4 Å². The van der Waals surface area contributed by atoms with Gasteiger partial charge in [-0.1, -0.05) is 11.2 Å². The maximum Gasteiger partial charge on any atom is 0.433 e. The molecular formula is C25H23F5N6O4S. The van der Waals surface area contributed by atoms with Gasteiger partial charge in [0.1, 0.15) is 23.0 Å². The molecule has 3 aromatic rings. The SMILES string of the molecule is CC(=NOc1ccnc(C(F)(F)F)c1)c1cnc(S(C)(=O)=O)nc1C1CCN(C(=O)Nc2c(F)cccc2F)CC1. The number of halogens is 5. The zero-order valence-electron chi connectivity index (χ0n) is 21.6. The number of rotatable bonds is 6. The molecule has 1 aliphatic rings. The van der Waals surface area contributed by atoms with E-state index in [4.69, 9.17) is 4.84 Å². The van der Waals surface area contributed by atoms with Crippen LogP contribution in [0.4, 0.5) is 32.4 Å². The van der Waals surface area contributed by atoms with Crippen molar-refractivity contribution in [3.63, 3.8) is 0 Å². The van der Waals surface area contributed by atoms with Crippen molar-refractivity contribution in [2.24, 2.45) is 5.16 Å². The molecule has 1 aliphatic heterocycles. The summed E-state index contributed by atoms with van der Waals surface area (Å²) in [6.07, 6.45) is -0.999. The number of para-hydroxylation sites is 1. The molecule has 1 aromatic carbocycles. The molecule has 1 N–H and O–H groups in total. The van der Waals surface area contributed by atoms with Crippen LogP contribution in [0.5, 0.6) is 5.75 Å². The molecule has 0 unspecified atom stereocenters. The highest BCUT2D eigenvalue weighted by molar-refractivity contribution is 7.90. The molecular weight excluding hydrogens is 575 g/mol. The number of piperidine rings is 1. The van der Waals surface area contributed by atoms with Crippen molar-refractivity contribution in [3.05, 3.63) is 71.3 Å². The van der Waals surface area contributed by atoms with Crippen LogP contribution < -0.4 is 10.2 Å². The van der Waals surface area contributed by atoms with E-state index in [1.54, 1.807) is 0 Å². The first-order valence-corrected chi connectivity index (χ1v) is 14.0. The maximum absolute atomic E-state index is 13.9. The number of carbonyl (C=O) groups is 1. The van der Waals surface area contributed by atoms with Gasteiger partial charge in [0.15, 0.2) is 5.75 Å². The van der Waals surface area contributed by atoms with Crippen molar-refractivity contribution < 1.29 is 40.0 Å². The van der Waals surface area contributed by atoms with E-state index in [9.17, 15) is 35.2 Å². The van der Waals surface area contributed by atoms with Crippen LogP contribution in [0.3, 0.4) is 0 Å². The van der Waals surface area contributed by atoms with E-state index in [1.165, 1.54) is 30.2 Å². The van der Waals surface area contributed by atoms with Gasteiger partial charge in [0.05, 0.1) is 11.4 Å². The third-order valence-electron chi connectivity index (χ3n) is 6.19. The molecule has 0 radical (unpaired) electrons. The molecule has 0 saturated carbocycles. The molecule has 10 nitrogen and oxygen atoms in total. The number of likely N-dealkylation sites (tertiary alicyclic amines) is 1. The summed E-state index contributed by atoms with van der Waals surface area (Å²) >= 11 is 0. The summed E-state index contributed by atoms with van der Waals surface area (Å²) in [4.78, 5) is 30.6.